The molecule has 0 aliphatic heterocycles. The maximum Gasteiger partial charge on any atom is 0.118 e. The molecule has 0 saturated heterocycles. The van der Waals surface area contributed by atoms with Crippen LogP contribution in [0.4, 0.5) is 5.69 Å². The van der Waals surface area contributed by atoms with Crippen LogP contribution in [-0.4, -0.2) is 15.1 Å². The lowest BCUT2D eigenvalue weighted by molar-refractivity contribution is 0.471. The molecule has 1 aromatic carbocycles. The lowest BCUT2D eigenvalue weighted by Gasteiger charge is -2.11. The second-order valence-electron chi connectivity index (χ2n) is 4.28. The van der Waals surface area contributed by atoms with Crippen LogP contribution >= 0.6 is 0 Å². The third kappa shape index (κ3) is 2.41. The number of nitrogens with zero attached hydrogens (tertiary/aromatic N) is 1. The number of hydrogen-bond donors (Lipinski definition) is 3. The normalized spacial score (nSPS) is 10.5. The van der Waals surface area contributed by atoms with E-state index in [9.17, 15) is 5.11 Å². The van der Waals surface area contributed by atoms with Gasteiger partial charge in [0, 0.05) is 11.4 Å². The first-order valence-electron chi connectivity index (χ1n) is 5.61. The topological polar surface area (TPSA) is 60.9 Å². The molecule has 0 fully saturated rings. The van der Waals surface area contributed by atoms with Crippen molar-refractivity contribution in [2.75, 3.05) is 5.32 Å². The zero-order valence-corrected chi connectivity index (χ0v) is 10.3. The molecule has 1 aromatic heterocycles. The lowest BCUT2D eigenvalue weighted by atomic mass is 10.1. The molecular formula is C13H17N3O. The fourth-order valence-corrected chi connectivity index (χ4v) is 1.74. The first-order valence-corrected chi connectivity index (χ1v) is 5.61. The smallest absolute Gasteiger partial charge is 0.118 e. The number of H-pyrrole nitrogens is 1. The van der Waals surface area contributed by atoms with Gasteiger partial charge in [-0.2, -0.15) is 0 Å². The molecule has 4 nitrogen and oxygen atoms in total. The Bertz CT molecular complexity index is 531. The average Bonchev–Trinajstić information content (AvgIpc) is 2.68. The summed E-state index contributed by atoms with van der Waals surface area (Å²) in [4.78, 5) is 7.28. The summed E-state index contributed by atoms with van der Waals surface area (Å²) in [6.07, 6.45) is 1.70. The van der Waals surface area contributed by atoms with Crippen LogP contribution in [0.1, 0.15) is 22.5 Å². The Morgan fingerprint density at radius 3 is 2.65 bits per heavy atom. The molecule has 4 heteroatoms. The number of phenolic OH excluding ortho intramolecular Hbond substituents is 1. The van der Waals surface area contributed by atoms with E-state index in [4.69, 9.17) is 0 Å². The Morgan fingerprint density at radius 2 is 2.00 bits per heavy atom. The molecule has 0 aliphatic rings. The summed E-state index contributed by atoms with van der Waals surface area (Å²) in [5, 5.41) is 12.9. The summed E-state index contributed by atoms with van der Waals surface area (Å²) in [6.45, 7) is 6.54. The number of phenols is 1. The largest absolute Gasteiger partial charge is 0.508 e. The molecule has 0 atom stereocenters. The quantitative estimate of drug-likeness (QED) is 0.712. The minimum Gasteiger partial charge on any atom is -0.508 e. The number of aryl methyl sites for hydroxylation is 3. The van der Waals surface area contributed by atoms with E-state index < -0.39 is 0 Å². The van der Waals surface area contributed by atoms with E-state index in [1.165, 1.54) is 0 Å². The van der Waals surface area contributed by atoms with Crippen molar-refractivity contribution in [1.82, 2.24) is 9.97 Å². The van der Waals surface area contributed by atoms with Gasteiger partial charge < -0.3 is 15.4 Å². The van der Waals surface area contributed by atoms with E-state index >= 15 is 0 Å². The highest BCUT2D eigenvalue weighted by Crippen LogP contribution is 2.25. The van der Waals surface area contributed by atoms with Gasteiger partial charge in [0.15, 0.2) is 0 Å². The van der Waals surface area contributed by atoms with Crippen molar-refractivity contribution in [3.63, 3.8) is 0 Å². The number of aromatic amines is 1. The zero-order chi connectivity index (χ0) is 12.4. The van der Waals surface area contributed by atoms with Gasteiger partial charge in [-0.15, -0.1) is 0 Å². The van der Waals surface area contributed by atoms with E-state index in [-0.39, 0.29) is 0 Å². The first-order chi connectivity index (χ1) is 8.08. The van der Waals surface area contributed by atoms with Crippen LogP contribution in [0.2, 0.25) is 0 Å². The average molecular weight is 231 g/mol. The number of aromatic hydroxyl groups is 1. The second-order valence-corrected chi connectivity index (χ2v) is 4.28. The second kappa shape index (κ2) is 4.49. The van der Waals surface area contributed by atoms with Crippen molar-refractivity contribution in [1.29, 1.82) is 0 Å². The number of aromatic nitrogens is 2. The molecule has 1 heterocycles. The summed E-state index contributed by atoms with van der Waals surface area (Å²) in [7, 11) is 0. The van der Waals surface area contributed by atoms with E-state index in [0.29, 0.717) is 12.3 Å². The van der Waals surface area contributed by atoms with E-state index in [1.54, 1.807) is 12.4 Å². The van der Waals surface area contributed by atoms with Gasteiger partial charge in [-0.25, -0.2) is 4.98 Å². The number of rotatable bonds is 3. The van der Waals surface area contributed by atoms with Crippen molar-refractivity contribution in [2.45, 2.75) is 27.3 Å². The van der Waals surface area contributed by atoms with Crippen LogP contribution in [0.3, 0.4) is 0 Å². The third-order valence-electron chi connectivity index (χ3n) is 2.92. The number of nitrogens with one attached hydrogen (secondary N) is 2. The van der Waals surface area contributed by atoms with Gasteiger partial charge >= 0.3 is 0 Å². The highest BCUT2D eigenvalue weighted by Gasteiger charge is 2.05. The SMILES string of the molecule is Cc1cc(NCc2nc[nH]c2C)c(C)cc1O. The van der Waals surface area contributed by atoms with Crippen LogP contribution in [0.15, 0.2) is 18.5 Å². The molecule has 2 rings (SSSR count). The summed E-state index contributed by atoms with van der Waals surface area (Å²) in [6, 6.07) is 3.72. The van der Waals surface area contributed by atoms with Gasteiger partial charge in [-0.1, -0.05) is 0 Å². The standard InChI is InChI=1S/C13H17N3O/c1-8-5-13(17)9(2)4-11(8)14-6-12-10(3)15-7-16-12/h4-5,7,14,17H,6H2,1-3H3,(H,15,16). The minimum atomic E-state index is 0.337. The number of imidazole rings is 1. The molecule has 3 N–H and O–H groups in total. The van der Waals surface area contributed by atoms with E-state index in [0.717, 1.165) is 28.2 Å². The number of anilines is 1. The fourth-order valence-electron chi connectivity index (χ4n) is 1.74. The van der Waals surface area contributed by atoms with Gasteiger partial charge in [0.1, 0.15) is 5.75 Å². The van der Waals surface area contributed by atoms with Gasteiger partial charge in [-0.05, 0) is 44.0 Å². The summed E-state index contributed by atoms with van der Waals surface area (Å²) in [5.41, 5.74) is 5.02. The van der Waals surface area contributed by atoms with Crippen molar-refractivity contribution < 1.29 is 5.11 Å². The molecule has 2 aromatic rings. The Kier molecular flexibility index (Phi) is 3.04. The third-order valence-corrected chi connectivity index (χ3v) is 2.92. The molecule has 0 bridgehead atoms. The summed E-state index contributed by atoms with van der Waals surface area (Å²) in [5.74, 6) is 0.337. The van der Waals surface area contributed by atoms with Gasteiger partial charge in [0.25, 0.3) is 0 Å². The maximum absolute atomic E-state index is 9.58. The number of benzene rings is 1. The molecule has 90 valence electrons. The molecular weight excluding hydrogens is 214 g/mol. The Balaban J connectivity index is 2.14. The van der Waals surface area contributed by atoms with Crippen LogP contribution in [-0.2, 0) is 6.54 Å². The van der Waals surface area contributed by atoms with E-state index in [1.807, 2.05) is 26.8 Å². The monoisotopic (exact) mass is 231 g/mol. The van der Waals surface area contributed by atoms with Gasteiger partial charge in [0.05, 0.1) is 18.6 Å². The predicted molar refractivity (Wildman–Crippen MR) is 68.2 cm³/mol. The summed E-state index contributed by atoms with van der Waals surface area (Å²) < 4.78 is 0. The molecule has 0 radical (unpaired) electrons. The fraction of sp³-hybridized carbons (Fsp3) is 0.308. The van der Waals surface area contributed by atoms with Crippen LogP contribution in [0.25, 0.3) is 0 Å². The minimum absolute atomic E-state index is 0.337. The lowest BCUT2D eigenvalue weighted by Crippen LogP contribution is -2.03. The predicted octanol–water partition coefficient (Wildman–Crippen LogP) is 2.65. The molecule has 0 unspecified atom stereocenters. The van der Waals surface area contributed by atoms with Crippen LogP contribution in [0, 0.1) is 20.8 Å². The highest BCUT2D eigenvalue weighted by molar-refractivity contribution is 5.56. The van der Waals surface area contributed by atoms with Crippen molar-refractivity contribution >= 4 is 5.69 Å². The Morgan fingerprint density at radius 1 is 1.24 bits per heavy atom. The Hall–Kier alpha value is -1.97. The molecule has 0 saturated carbocycles. The van der Waals surface area contributed by atoms with Crippen molar-refractivity contribution in [3.8, 4) is 5.75 Å². The van der Waals surface area contributed by atoms with Crippen molar-refractivity contribution in [3.05, 3.63) is 41.0 Å². The maximum atomic E-state index is 9.58. The van der Waals surface area contributed by atoms with Crippen LogP contribution < -0.4 is 5.32 Å². The van der Waals surface area contributed by atoms with Gasteiger partial charge in [-0.3, -0.25) is 0 Å². The molecule has 17 heavy (non-hydrogen) atoms. The van der Waals surface area contributed by atoms with Gasteiger partial charge in [0.2, 0.25) is 0 Å². The van der Waals surface area contributed by atoms with E-state index in [2.05, 4.69) is 15.3 Å². The molecule has 0 aliphatic carbocycles. The van der Waals surface area contributed by atoms with Crippen molar-refractivity contribution in [2.24, 2.45) is 0 Å². The Labute approximate surface area is 101 Å². The number of hydrogen-bond acceptors (Lipinski definition) is 3. The molecule has 0 amide bonds. The van der Waals surface area contributed by atoms with Crippen LogP contribution in [0.5, 0.6) is 5.75 Å². The summed E-state index contributed by atoms with van der Waals surface area (Å²) >= 11 is 0. The zero-order valence-electron chi connectivity index (χ0n) is 10.3. The highest BCUT2D eigenvalue weighted by atomic mass is 16.3. The molecule has 0 spiro atoms. The first kappa shape index (κ1) is 11.5.